The van der Waals surface area contributed by atoms with Gasteiger partial charge in [-0.3, -0.25) is 4.79 Å². The molecular weight excluding hydrogens is 274 g/mol. The van der Waals surface area contributed by atoms with Gasteiger partial charge >= 0.3 is 5.97 Å². The molecule has 2 rings (SSSR count). The van der Waals surface area contributed by atoms with Crippen molar-refractivity contribution < 1.29 is 14.7 Å². The highest BCUT2D eigenvalue weighted by molar-refractivity contribution is 7.10. The lowest BCUT2D eigenvalue weighted by atomic mass is 9.86. The van der Waals surface area contributed by atoms with Crippen LogP contribution in [0.5, 0.6) is 0 Å². The second-order valence-electron chi connectivity index (χ2n) is 5.62. The third kappa shape index (κ3) is 2.87. The predicted octanol–water partition coefficient (Wildman–Crippen LogP) is 2.93. The Morgan fingerprint density at radius 3 is 2.95 bits per heavy atom. The zero-order chi connectivity index (χ0) is 14.8. The average Bonchev–Trinajstić information content (AvgIpc) is 2.86. The Kier molecular flexibility index (Phi) is 4.48. The molecule has 0 saturated carbocycles. The van der Waals surface area contributed by atoms with Crippen LogP contribution < -0.4 is 5.32 Å². The number of amides is 1. The number of hydrogen-bond acceptors (Lipinski definition) is 3. The molecule has 1 aliphatic carbocycles. The number of carboxylic acids is 1. The van der Waals surface area contributed by atoms with Crippen LogP contribution in [0.2, 0.25) is 0 Å². The molecule has 110 valence electrons. The highest BCUT2D eigenvalue weighted by atomic mass is 32.1. The van der Waals surface area contributed by atoms with E-state index in [0.29, 0.717) is 6.42 Å². The first kappa shape index (κ1) is 15.0. The van der Waals surface area contributed by atoms with Crippen LogP contribution in [0, 0.1) is 0 Å². The second-order valence-corrected chi connectivity index (χ2v) is 6.62. The summed E-state index contributed by atoms with van der Waals surface area (Å²) in [5.74, 6) is -1.31. The number of aryl methyl sites for hydroxylation is 1. The summed E-state index contributed by atoms with van der Waals surface area (Å²) in [6.45, 7) is 3.51. The molecular formula is C15H21NO3S. The minimum atomic E-state index is -1.17. The van der Waals surface area contributed by atoms with Crippen LogP contribution in [-0.2, 0) is 16.0 Å². The maximum Gasteiger partial charge on any atom is 0.329 e. The molecule has 0 fully saturated rings. The van der Waals surface area contributed by atoms with Gasteiger partial charge in [-0.05, 0) is 49.6 Å². The normalized spacial score (nSPS) is 20.8. The average molecular weight is 295 g/mol. The van der Waals surface area contributed by atoms with Gasteiger partial charge in [0.15, 0.2) is 0 Å². The number of carbonyl (C=O) groups is 2. The molecule has 20 heavy (non-hydrogen) atoms. The summed E-state index contributed by atoms with van der Waals surface area (Å²) in [4.78, 5) is 25.2. The zero-order valence-corrected chi connectivity index (χ0v) is 12.8. The SMILES string of the molecule is CCCC(C)(NC(=O)C1CCCc2sccc21)C(=O)O. The maximum absolute atomic E-state index is 12.5. The number of carbonyl (C=O) groups excluding carboxylic acids is 1. The van der Waals surface area contributed by atoms with E-state index in [4.69, 9.17) is 0 Å². The van der Waals surface area contributed by atoms with Gasteiger partial charge in [-0.15, -0.1) is 11.3 Å². The number of rotatable bonds is 5. The lowest BCUT2D eigenvalue weighted by Crippen LogP contribution is -2.53. The van der Waals surface area contributed by atoms with Crippen molar-refractivity contribution in [2.75, 3.05) is 0 Å². The van der Waals surface area contributed by atoms with E-state index in [-0.39, 0.29) is 11.8 Å². The molecule has 2 unspecified atom stereocenters. The van der Waals surface area contributed by atoms with Crippen LogP contribution in [-0.4, -0.2) is 22.5 Å². The predicted molar refractivity (Wildman–Crippen MR) is 79.1 cm³/mol. The smallest absolute Gasteiger partial charge is 0.329 e. The van der Waals surface area contributed by atoms with E-state index < -0.39 is 11.5 Å². The minimum Gasteiger partial charge on any atom is -0.480 e. The van der Waals surface area contributed by atoms with E-state index in [2.05, 4.69) is 5.32 Å². The van der Waals surface area contributed by atoms with E-state index in [0.717, 1.165) is 31.2 Å². The van der Waals surface area contributed by atoms with Gasteiger partial charge in [-0.1, -0.05) is 13.3 Å². The molecule has 0 aromatic carbocycles. The van der Waals surface area contributed by atoms with E-state index in [1.807, 2.05) is 18.4 Å². The lowest BCUT2D eigenvalue weighted by molar-refractivity contribution is -0.147. The number of hydrogen-bond donors (Lipinski definition) is 2. The Balaban J connectivity index is 2.15. The lowest BCUT2D eigenvalue weighted by Gasteiger charge is -2.29. The van der Waals surface area contributed by atoms with Crippen LogP contribution in [0.4, 0.5) is 0 Å². The molecule has 2 atom stereocenters. The van der Waals surface area contributed by atoms with Crippen molar-refractivity contribution in [3.63, 3.8) is 0 Å². The van der Waals surface area contributed by atoms with Crippen molar-refractivity contribution in [3.8, 4) is 0 Å². The van der Waals surface area contributed by atoms with Crippen molar-refractivity contribution in [2.24, 2.45) is 0 Å². The summed E-state index contributed by atoms with van der Waals surface area (Å²) in [5, 5.41) is 14.1. The second kappa shape index (κ2) is 5.95. The third-order valence-corrected chi connectivity index (χ3v) is 4.99. The van der Waals surface area contributed by atoms with E-state index in [9.17, 15) is 14.7 Å². The van der Waals surface area contributed by atoms with Crippen molar-refractivity contribution in [3.05, 3.63) is 21.9 Å². The van der Waals surface area contributed by atoms with Gasteiger partial charge < -0.3 is 10.4 Å². The molecule has 1 aliphatic rings. The Labute approximate surface area is 123 Å². The van der Waals surface area contributed by atoms with Crippen molar-refractivity contribution >= 4 is 23.2 Å². The number of thiophene rings is 1. The zero-order valence-electron chi connectivity index (χ0n) is 11.9. The molecule has 1 heterocycles. The summed E-state index contributed by atoms with van der Waals surface area (Å²) in [5.41, 5.74) is -0.0811. The quantitative estimate of drug-likeness (QED) is 0.877. The van der Waals surface area contributed by atoms with E-state index in [1.165, 1.54) is 4.88 Å². The van der Waals surface area contributed by atoms with Gasteiger partial charge in [0.1, 0.15) is 5.54 Å². The molecule has 0 radical (unpaired) electrons. The molecule has 1 aromatic heterocycles. The molecule has 4 nitrogen and oxygen atoms in total. The molecule has 2 N–H and O–H groups in total. The summed E-state index contributed by atoms with van der Waals surface area (Å²) >= 11 is 1.68. The summed E-state index contributed by atoms with van der Waals surface area (Å²) in [7, 11) is 0. The first-order valence-corrected chi connectivity index (χ1v) is 7.97. The highest BCUT2D eigenvalue weighted by Crippen LogP contribution is 2.35. The van der Waals surface area contributed by atoms with Crippen LogP contribution in [0.3, 0.4) is 0 Å². The van der Waals surface area contributed by atoms with Gasteiger partial charge in [0.05, 0.1) is 5.92 Å². The Morgan fingerprint density at radius 1 is 1.55 bits per heavy atom. The van der Waals surface area contributed by atoms with Crippen LogP contribution in [0.15, 0.2) is 11.4 Å². The molecule has 0 aliphatic heterocycles. The topological polar surface area (TPSA) is 66.4 Å². The highest BCUT2D eigenvalue weighted by Gasteiger charge is 2.37. The number of nitrogens with one attached hydrogen (secondary N) is 1. The van der Waals surface area contributed by atoms with Crippen molar-refractivity contribution in [2.45, 2.75) is 57.4 Å². The summed E-state index contributed by atoms with van der Waals surface area (Å²) in [6, 6.07) is 2.00. The maximum atomic E-state index is 12.5. The Morgan fingerprint density at radius 2 is 2.30 bits per heavy atom. The fraction of sp³-hybridized carbons (Fsp3) is 0.600. The van der Waals surface area contributed by atoms with Gasteiger partial charge in [-0.2, -0.15) is 0 Å². The van der Waals surface area contributed by atoms with E-state index >= 15 is 0 Å². The van der Waals surface area contributed by atoms with Gasteiger partial charge in [-0.25, -0.2) is 4.79 Å². The first-order chi connectivity index (χ1) is 9.48. The van der Waals surface area contributed by atoms with Crippen LogP contribution in [0.1, 0.15) is 55.9 Å². The first-order valence-electron chi connectivity index (χ1n) is 7.09. The summed E-state index contributed by atoms with van der Waals surface area (Å²) in [6.07, 6.45) is 3.98. The number of fused-ring (bicyclic) bond motifs is 1. The molecule has 1 aromatic rings. The largest absolute Gasteiger partial charge is 0.480 e. The van der Waals surface area contributed by atoms with E-state index in [1.54, 1.807) is 18.3 Å². The monoisotopic (exact) mass is 295 g/mol. The van der Waals surface area contributed by atoms with Crippen molar-refractivity contribution in [1.29, 1.82) is 0 Å². The van der Waals surface area contributed by atoms with Gasteiger partial charge in [0, 0.05) is 4.88 Å². The Bertz CT molecular complexity index is 511. The number of carboxylic acid groups (broad SMARTS) is 1. The van der Waals surface area contributed by atoms with Crippen LogP contribution in [0.25, 0.3) is 0 Å². The number of aliphatic carboxylic acids is 1. The molecule has 0 saturated heterocycles. The van der Waals surface area contributed by atoms with Crippen LogP contribution >= 0.6 is 11.3 Å². The summed E-state index contributed by atoms with van der Waals surface area (Å²) < 4.78 is 0. The molecule has 0 spiro atoms. The van der Waals surface area contributed by atoms with Gasteiger partial charge in [0.25, 0.3) is 0 Å². The van der Waals surface area contributed by atoms with Gasteiger partial charge in [0.2, 0.25) is 5.91 Å². The molecule has 5 heteroatoms. The fourth-order valence-corrected chi connectivity index (χ4v) is 3.83. The molecule has 0 bridgehead atoms. The Hall–Kier alpha value is -1.36. The van der Waals surface area contributed by atoms with Crippen molar-refractivity contribution in [1.82, 2.24) is 5.32 Å². The standard InChI is InChI=1S/C15H21NO3S/c1-3-8-15(2,14(18)19)16-13(17)11-5-4-6-12-10(11)7-9-20-12/h7,9,11H,3-6,8H2,1-2H3,(H,16,17)(H,18,19). The molecule has 1 amide bonds. The fourth-order valence-electron chi connectivity index (χ4n) is 2.84. The third-order valence-electron chi connectivity index (χ3n) is 3.99. The minimum absolute atomic E-state index is 0.150.